The Bertz CT molecular complexity index is 746. The molecule has 0 bridgehead atoms. The predicted octanol–water partition coefficient (Wildman–Crippen LogP) is 1.98. The van der Waals surface area contributed by atoms with Gasteiger partial charge in [0.1, 0.15) is 5.82 Å². The van der Waals surface area contributed by atoms with Gasteiger partial charge >= 0.3 is 0 Å². The van der Waals surface area contributed by atoms with Crippen molar-refractivity contribution in [1.29, 1.82) is 0 Å². The van der Waals surface area contributed by atoms with Crippen molar-refractivity contribution in [3.05, 3.63) is 66.7 Å². The molecule has 0 aromatic carbocycles. The first-order chi connectivity index (χ1) is 11.9. The highest BCUT2D eigenvalue weighted by atomic mass is 15.3. The normalized spacial score (nSPS) is 15.6. The average molecular weight is 320 g/mol. The first kappa shape index (κ1) is 14.8. The maximum absolute atomic E-state index is 4.50. The van der Waals surface area contributed by atoms with Crippen LogP contribution in [0.5, 0.6) is 0 Å². The molecule has 0 saturated carbocycles. The fraction of sp³-hybridized carbons (Fsp3) is 0.278. The van der Waals surface area contributed by atoms with Crippen LogP contribution in [-0.4, -0.2) is 50.8 Å². The molecule has 1 aliphatic heterocycles. The van der Waals surface area contributed by atoms with Gasteiger partial charge in [-0.3, -0.25) is 4.90 Å². The van der Waals surface area contributed by atoms with E-state index in [1.807, 2.05) is 42.9 Å². The Morgan fingerprint density at radius 3 is 2.42 bits per heavy atom. The van der Waals surface area contributed by atoms with Crippen LogP contribution in [0.15, 0.2) is 61.2 Å². The first-order valence-electron chi connectivity index (χ1n) is 8.22. The van der Waals surface area contributed by atoms with E-state index in [0.717, 1.165) is 44.4 Å². The largest absolute Gasteiger partial charge is 0.354 e. The summed E-state index contributed by atoms with van der Waals surface area (Å²) in [5, 5.41) is 4.20. The van der Waals surface area contributed by atoms with E-state index in [9.17, 15) is 0 Å². The topological polar surface area (TPSA) is 50.1 Å². The monoisotopic (exact) mass is 320 g/mol. The predicted molar refractivity (Wildman–Crippen MR) is 93.1 cm³/mol. The van der Waals surface area contributed by atoms with E-state index < -0.39 is 0 Å². The van der Waals surface area contributed by atoms with Gasteiger partial charge in [0.25, 0.3) is 0 Å². The van der Waals surface area contributed by atoms with Crippen molar-refractivity contribution >= 4 is 5.82 Å². The van der Waals surface area contributed by atoms with Crippen molar-refractivity contribution in [1.82, 2.24) is 24.6 Å². The number of aromatic nitrogens is 4. The molecule has 3 aromatic rings. The highest BCUT2D eigenvalue weighted by molar-refractivity contribution is 5.38. The van der Waals surface area contributed by atoms with Crippen molar-refractivity contribution < 1.29 is 0 Å². The summed E-state index contributed by atoms with van der Waals surface area (Å²) in [6.07, 6.45) is 7.46. The third-order valence-corrected chi connectivity index (χ3v) is 4.30. The molecule has 1 fully saturated rings. The summed E-state index contributed by atoms with van der Waals surface area (Å²) in [6.45, 7) is 5.03. The van der Waals surface area contributed by atoms with Gasteiger partial charge in [-0.25, -0.2) is 14.6 Å². The van der Waals surface area contributed by atoms with Gasteiger partial charge in [-0.15, -0.1) is 0 Å². The molecule has 1 aliphatic rings. The first-order valence-corrected chi connectivity index (χ1v) is 8.22. The van der Waals surface area contributed by atoms with Gasteiger partial charge in [0, 0.05) is 57.5 Å². The number of hydrogen-bond donors (Lipinski definition) is 0. The Hall–Kier alpha value is -2.73. The molecule has 3 aromatic heterocycles. The Kier molecular flexibility index (Phi) is 4.20. The molecule has 4 rings (SSSR count). The number of nitrogens with zero attached hydrogens (tertiary/aromatic N) is 6. The smallest absolute Gasteiger partial charge is 0.153 e. The van der Waals surface area contributed by atoms with Crippen LogP contribution < -0.4 is 4.90 Å². The van der Waals surface area contributed by atoms with E-state index in [2.05, 4.69) is 37.0 Å². The third-order valence-electron chi connectivity index (χ3n) is 4.30. The fourth-order valence-corrected chi connectivity index (χ4v) is 2.98. The molecule has 0 N–H and O–H groups in total. The molecule has 0 amide bonds. The molecule has 0 radical (unpaired) electrons. The molecule has 122 valence electrons. The minimum absolute atomic E-state index is 0.851. The second kappa shape index (κ2) is 6.80. The third kappa shape index (κ3) is 3.28. The second-order valence-electron chi connectivity index (χ2n) is 5.93. The van der Waals surface area contributed by atoms with Gasteiger partial charge < -0.3 is 4.90 Å². The molecule has 0 unspecified atom stereocenters. The minimum atomic E-state index is 0.851. The van der Waals surface area contributed by atoms with Crippen LogP contribution in [-0.2, 0) is 6.54 Å². The minimum Gasteiger partial charge on any atom is -0.354 e. The molecular formula is C18H20N6. The van der Waals surface area contributed by atoms with E-state index in [1.165, 1.54) is 5.56 Å². The van der Waals surface area contributed by atoms with Gasteiger partial charge in [0.2, 0.25) is 0 Å². The van der Waals surface area contributed by atoms with Crippen LogP contribution in [0, 0.1) is 0 Å². The lowest BCUT2D eigenvalue weighted by Crippen LogP contribution is -2.46. The van der Waals surface area contributed by atoms with Gasteiger partial charge in [-0.05, 0) is 29.8 Å². The Morgan fingerprint density at radius 1 is 0.833 bits per heavy atom. The Labute approximate surface area is 141 Å². The maximum atomic E-state index is 4.50. The molecule has 0 spiro atoms. The molecule has 24 heavy (non-hydrogen) atoms. The summed E-state index contributed by atoms with van der Waals surface area (Å²) >= 11 is 0. The van der Waals surface area contributed by atoms with Crippen molar-refractivity contribution in [2.75, 3.05) is 31.1 Å². The number of pyridine rings is 2. The number of piperazine rings is 1. The summed E-state index contributed by atoms with van der Waals surface area (Å²) in [4.78, 5) is 13.7. The second-order valence-corrected chi connectivity index (χ2v) is 5.93. The van der Waals surface area contributed by atoms with Gasteiger partial charge in [-0.1, -0.05) is 12.1 Å². The molecular weight excluding hydrogens is 300 g/mol. The number of hydrogen-bond acceptors (Lipinski definition) is 5. The molecule has 1 saturated heterocycles. The van der Waals surface area contributed by atoms with E-state index in [1.54, 1.807) is 10.9 Å². The Balaban J connectivity index is 1.34. The van der Waals surface area contributed by atoms with E-state index in [0.29, 0.717) is 0 Å². The summed E-state index contributed by atoms with van der Waals surface area (Å²) in [5.41, 5.74) is 1.23. The van der Waals surface area contributed by atoms with Crippen molar-refractivity contribution in [3.63, 3.8) is 0 Å². The molecule has 4 heterocycles. The summed E-state index contributed by atoms with van der Waals surface area (Å²) < 4.78 is 1.77. The zero-order valence-electron chi connectivity index (χ0n) is 13.5. The molecule has 6 nitrogen and oxygen atoms in total. The van der Waals surface area contributed by atoms with Crippen molar-refractivity contribution in [3.8, 4) is 5.82 Å². The van der Waals surface area contributed by atoms with E-state index in [-0.39, 0.29) is 0 Å². The van der Waals surface area contributed by atoms with Crippen molar-refractivity contribution in [2.24, 2.45) is 0 Å². The van der Waals surface area contributed by atoms with Crippen LogP contribution in [0.2, 0.25) is 0 Å². The molecule has 6 heteroatoms. The lowest BCUT2D eigenvalue weighted by atomic mass is 10.2. The van der Waals surface area contributed by atoms with Crippen LogP contribution in [0.3, 0.4) is 0 Å². The summed E-state index contributed by atoms with van der Waals surface area (Å²) in [6, 6.07) is 12.1. The average Bonchev–Trinajstić information content (AvgIpc) is 3.18. The number of rotatable bonds is 4. The lowest BCUT2D eigenvalue weighted by Gasteiger charge is -2.35. The Morgan fingerprint density at radius 2 is 1.75 bits per heavy atom. The van der Waals surface area contributed by atoms with Crippen LogP contribution >= 0.6 is 0 Å². The zero-order chi connectivity index (χ0) is 16.2. The molecule has 0 aliphatic carbocycles. The van der Waals surface area contributed by atoms with Gasteiger partial charge in [-0.2, -0.15) is 5.10 Å². The number of anilines is 1. The van der Waals surface area contributed by atoms with E-state index >= 15 is 0 Å². The van der Waals surface area contributed by atoms with Gasteiger partial charge in [0.05, 0.1) is 0 Å². The highest BCUT2D eigenvalue weighted by Crippen LogP contribution is 2.14. The van der Waals surface area contributed by atoms with Crippen LogP contribution in [0.4, 0.5) is 5.82 Å². The van der Waals surface area contributed by atoms with Crippen LogP contribution in [0.1, 0.15) is 5.56 Å². The van der Waals surface area contributed by atoms with E-state index in [4.69, 9.17) is 0 Å². The quantitative estimate of drug-likeness (QED) is 0.736. The zero-order valence-corrected chi connectivity index (χ0v) is 13.5. The summed E-state index contributed by atoms with van der Waals surface area (Å²) in [7, 11) is 0. The fourth-order valence-electron chi connectivity index (χ4n) is 2.98. The standard InChI is InChI=1S/C18H20N6/c1-2-7-19-17(4-1)23-12-10-22(11-13-23)15-16-5-6-18(20-14-16)24-9-3-8-21-24/h1-9,14H,10-13,15H2. The lowest BCUT2D eigenvalue weighted by molar-refractivity contribution is 0.249. The van der Waals surface area contributed by atoms with Gasteiger partial charge in [0.15, 0.2) is 5.82 Å². The van der Waals surface area contributed by atoms with Crippen molar-refractivity contribution in [2.45, 2.75) is 6.54 Å². The molecule has 0 atom stereocenters. The SMILES string of the molecule is c1ccc(N2CCN(Cc3ccc(-n4cccn4)nc3)CC2)nc1. The van der Waals surface area contributed by atoms with Crippen LogP contribution in [0.25, 0.3) is 5.82 Å². The summed E-state index contributed by atoms with van der Waals surface area (Å²) in [5.74, 6) is 1.92. The maximum Gasteiger partial charge on any atom is 0.153 e. The highest BCUT2D eigenvalue weighted by Gasteiger charge is 2.17.